The Kier molecular flexibility index (Phi) is 3.87. The summed E-state index contributed by atoms with van der Waals surface area (Å²) in [5.41, 5.74) is 1.42. The van der Waals surface area contributed by atoms with E-state index in [2.05, 4.69) is 0 Å². The number of hydrogen-bond acceptors (Lipinski definition) is 6. The average Bonchev–Trinajstić information content (AvgIpc) is 2.96. The van der Waals surface area contributed by atoms with Crippen LogP contribution < -0.4 is 4.90 Å². The van der Waals surface area contributed by atoms with Crippen LogP contribution in [0.1, 0.15) is 5.76 Å². The van der Waals surface area contributed by atoms with Crippen LogP contribution in [-0.4, -0.2) is 16.9 Å². The highest BCUT2D eigenvalue weighted by molar-refractivity contribution is 5.80. The SMILES string of the molecule is CN(Cc1cc2cc([N+](=O)[O-])ccc2o1)c1ccc([N+](=O)[O-])cc1. The molecule has 8 nitrogen and oxygen atoms in total. The Labute approximate surface area is 136 Å². The summed E-state index contributed by atoms with van der Waals surface area (Å²) < 4.78 is 5.68. The maximum Gasteiger partial charge on any atom is 0.270 e. The van der Waals surface area contributed by atoms with Crippen LogP contribution in [0.25, 0.3) is 11.0 Å². The molecule has 0 spiro atoms. The van der Waals surface area contributed by atoms with E-state index in [9.17, 15) is 20.2 Å². The molecule has 0 atom stereocenters. The Balaban J connectivity index is 1.80. The molecule has 0 fully saturated rings. The van der Waals surface area contributed by atoms with Crippen molar-refractivity contribution in [3.05, 3.63) is 74.5 Å². The fourth-order valence-electron chi connectivity index (χ4n) is 2.43. The molecule has 0 aliphatic heterocycles. The normalized spacial score (nSPS) is 10.7. The number of fused-ring (bicyclic) bond motifs is 1. The number of benzene rings is 2. The molecule has 122 valence electrons. The zero-order chi connectivity index (χ0) is 17.3. The number of nitro groups is 2. The minimum atomic E-state index is -0.449. The molecule has 0 aliphatic rings. The lowest BCUT2D eigenvalue weighted by molar-refractivity contribution is -0.385. The van der Waals surface area contributed by atoms with Crippen LogP contribution in [0, 0.1) is 20.2 Å². The summed E-state index contributed by atoms with van der Waals surface area (Å²) in [6.07, 6.45) is 0. The molecular weight excluding hydrogens is 314 g/mol. The van der Waals surface area contributed by atoms with Gasteiger partial charge >= 0.3 is 0 Å². The van der Waals surface area contributed by atoms with Crippen LogP contribution in [0.5, 0.6) is 0 Å². The minimum Gasteiger partial charge on any atom is -0.459 e. The Hall–Kier alpha value is -3.42. The molecule has 0 radical (unpaired) electrons. The molecule has 1 aromatic heterocycles. The first kappa shape index (κ1) is 15.5. The second-order valence-electron chi connectivity index (χ2n) is 5.32. The second kappa shape index (κ2) is 5.99. The van der Waals surface area contributed by atoms with Gasteiger partial charge in [0.1, 0.15) is 11.3 Å². The molecule has 1 heterocycles. The van der Waals surface area contributed by atoms with E-state index < -0.39 is 9.85 Å². The molecule has 3 aromatic rings. The first-order valence-electron chi connectivity index (χ1n) is 7.06. The molecule has 0 saturated heterocycles. The van der Waals surface area contributed by atoms with Gasteiger partial charge in [0, 0.05) is 42.4 Å². The van der Waals surface area contributed by atoms with Crippen LogP contribution in [0.2, 0.25) is 0 Å². The van der Waals surface area contributed by atoms with Crippen molar-refractivity contribution in [2.75, 3.05) is 11.9 Å². The predicted octanol–water partition coefficient (Wildman–Crippen LogP) is 3.89. The van der Waals surface area contributed by atoms with E-state index in [-0.39, 0.29) is 11.4 Å². The van der Waals surface area contributed by atoms with Crippen LogP contribution >= 0.6 is 0 Å². The van der Waals surface area contributed by atoms with Crippen molar-refractivity contribution >= 4 is 28.0 Å². The highest BCUT2D eigenvalue weighted by Gasteiger charge is 2.12. The third-order valence-electron chi connectivity index (χ3n) is 3.66. The van der Waals surface area contributed by atoms with Crippen LogP contribution in [-0.2, 0) is 6.54 Å². The number of anilines is 1. The van der Waals surface area contributed by atoms with Gasteiger partial charge in [0.2, 0.25) is 0 Å². The van der Waals surface area contributed by atoms with E-state index in [1.165, 1.54) is 24.3 Å². The molecule has 0 saturated carbocycles. The topological polar surface area (TPSA) is 103 Å². The molecule has 0 aliphatic carbocycles. The first-order valence-corrected chi connectivity index (χ1v) is 7.06. The average molecular weight is 327 g/mol. The van der Waals surface area contributed by atoms with Gasteiger partial charge in [-0.1, -0.05) is 0 Å². The van der Waals surface area contributed by atoms with Crippen molar-refractivity contribution in [1.82, 2.24) is 0 Å². The monoisotopic (exact) mass is 327 g/mol. The van der Waals surface area contributed by atoms with Crippen molar-refractivity contribution in [2.45, 2.75) is 6.54 Å². The van der Waals surface area contributed by atoms with E-state index in [1.54, 1.807) is 24.3 Å². The molecule has 0 unspecified atom stereocenters. The Morgan fingerprint density at radius 1 is 0.958 bits per heavy atom. The Morgan fingerprint density at radius 2 is 1.58 bits per heavy atom. The second-order valence-corrected chi connectivity index (χ2v) is 5.32. The van der Waals surface area contributed by atoms with E-state index in [0.717, 1.165) is 5.69 Å². The molecule has 0 amide bonds. The van der Waals surface area contributed by atoms with Crippen molar-refractivity contribution in [1.29, 1.82) is 0 Å². The lowest BCUT2D eigenvalue weighted by Crippen LogP contribution is -2.15. The number of hydrogen-bond donors (Lipinski definition) is 0. The maximum absolute atomic E-state index is 10.8. The van der Waals surface area contributed by atoms with Crippen molar-refractivity contribution in [3.8, 4) is 0 Å². The fraction of sp³-hybridized carbons (Fsp3) is 0.125. The number of rotatable bonds is 5. The van der Waals surface area contributed by atoms with Crippen molar-refractivity contribution in [2.24, 2.45) is 0 Å². The van der Waals surface area contributed by atoms with Crippen molar-refractivity contribution < 1.29 is 14.3 Å². The van der Waals surface area contributed by atoms with Gasteiger partial charge in [-0.3, -0.25) is 20.2 Å². The molecule has 0 bridgehead atoms. The smallest absolute Gasteiger partial charge is 0.270 e. The largest absolute Gasteiger partial charge is 0.459 e. The van der Waals surface area contributed by atoms with E-state index >= 15 is 0 Å². The molecule has 0 N–H and O–H groups in total. The number of furan rings is 1. The van der Waals surface area contributed by atoms with Crippen molar-refractivity contribution in [3.63, 3.8) is 0 Å². The standard InChI is InChI=1S/C16H13N3O5/c1-17(12-2-4-13(5-3-12)18(20)21)10-15-9-11-8-14(19(22)23)6-7-16(11)24-15/h2-9H,10H2,1H3. The van der Waals surface area contributed by atoms with E-state index in [0.29, 0.717) is 23.3 Å². The van der Waals surface area contributed by atoms with Gasteiger partial charge in [-0.05, 0) is 24.3 Å². The third-order valence-corrected chi connectivity index (χ3v) is 3.66. The van der Waals surface area contributed by atoms with E-state index in [1.807, 2.05) is 11.9 Å². The number of nitro benzene ring substituents is 2. The molecule has 8 heteroatoms. The van der Waals surface area contributed by atoms with Gasteiger partial charge in [0.15, 0.2) is 0 Å². The predicted molar refractivity (Wildman–Crippen MR) is 88.1 cm³/mol. The molecular formula is C16H13N3O5. The first-order chi connectivity index (χ1) is 11.4. The van der Waals surface area contributed by atoms with Crippen LogP contribution in [0.4, 0.5) is 17.1 Å². The maximum atomic E-state index is 10.8. The summed E-state index contributed by atoms with van der Waals surface area (Å²) in [5, 5.41) is 22.1. The van der Waals surface area contributed by atoms with Gasteiger partial charge < -0.3 is 9.32 Å². The van der Waals surface area contributed by atoms with Gasteiger partial charge in [-0.15, -0.1) is 0 Å². The Morgan fingerprint density at radius 3 is 2.21 bits per heavy atom. The third kappa shape index (κ3) is 3.02. The lowest BCUT2D eigenvalue weighted by atomic mass is 10.2. The van der Waals surface area contributed by atoms with Gasteiger partial charge in [-0.2, -0.15) is 0 Å². The quantitative estimate of drug-likeness (QED) is 0.520. The summed E-state index contributed by atoms with van der Waals surface area (Å²) in [6.45, 7) is 0.431. The molecule has 2 aromatic carbocycles. The van der Waals surface area contributed by atoms with Gasteiger partial charge in [0.25, 0.3) is 11.4 Å². The summed E-state index contributed by atoms with van der Waals surface area (Å²) in [6, 6.07) is 12.4. The fourth-order valence-corrected chi connectivity index (χ4v) is 2.43. The van der Waals surface area contributed by atoms with E-state index in [4.69, 9.17) is 4.42 Å². The molecule has 3 rings (SSSR count). The summed E-state index contributed by atoms with van der Waals surface area (Å²) in [4.78, 5) is 22.5. The van der Waals surface area contributed by atoms with Gasteiger partial charge in [0.05, 0.1) is 16.4 Å². The van der Waals surface area contributed by atoms with Gasteiger partial charge in [-0.25, -0.2) is 0 Å². The number of nitrogens with zero attached hydrogens (tertiary/aromatic N) is 3. The summed E-state index contributed by atoms with van der Waals surface area (Å²) >= 11 is 0. The van der Waals surface area contributed by atoms with Crippen LogP contribution in [0.3, 0.4) is 0 Å². The zero-order valence-electron chi connectivity index (χ0n) is 12.7. The minimum absolute atomic E-state index is 0.0126. The highest BCUT2D eigenvalue weighted by atomic mass is 16.6. The summed E-state index contributed by atoms with van der Waals surface area (Å²) in [7, 11) is 1.83. The number of non-ortho nitro benzene ring substituents is 2. The highest BCUT2D eigenvalue weighted by Crippen LogP contribution is 2.26. The lowest BCUT2D eigenvalue weighted by Gasteiger charge is -2.17. The summed E-state index contributed by atoms with van der Waals surface area (Å²) in [5.74, 6) is 0.645. The zero-order valence-corrected chi connectivity index (χ0v) is 12.7. The van der Waals surface area contributed by atoms with Crippen LogP contribution in [0.15, 0.2) is 52.9 Å². The Bertz CT molecular complexity index is 917. The molecule has 24 heavy (non-hydrogen) atoms.